The van der Waals surface area contributed by atoms with Gasteiger partial charge in [0, 0.05) is 10.5 Å². The number of hydrogen-bond donors (Lipinski definition) is 1. The number of benzene rings is 1. The van der Waals surface area contributed by atoms with Gasteiger partial charge in [-0.25, -0.2) is 0 Å². The molecule has 0 amide bonds. The predicted octanol–water partition coefficient (Wildman–Crippen LogP) is 4.45. The molecule has 0 aromatic heterocycles. The lowest BCUT2D eigenvalue weighted by Gasteiger charge is -2.26. The van der Waals surface area contributed by atoms with Gasteiger partial charge in [0.25, 0.3) is 0 Å². The Morgan fingerprint density at radius 3 is 2.38 bits per heavy atom. The van der Waals surface area contributed by atoms with Crippen molar-refractivity contribution in [3.63, 3.8) is 0 Å². The highest BCUT2D eigenvalue weighted by Crippen LogP contribution is 2.32. The van der Waals surface area contributed by atoms with Crippen LogP contribution in [-0.2, 0) is 0 Å². The van der Waals surface area contributed by atoms with E-state index in [0.717, 1.165) is 0 Å². The zero-order chi connectivity index (χ0) is 12.1. The Kier molecular flexibility index (Phi) is 5.50. The van der Waals surface area contributed by atoms with E-state index in [1.165, 1.54) is 28.4 Å². The van der Waals surface area contributed by atoms with Crippen LogP contribution in [0.2, 0.25) is 0 Å². The molecule has 0 aliphatic rings. The molecule has 90 valence electrons. The van der Waals surface area contributed by atoms with E-state index in [4.69, 9.17) is 0 Å². The Balaban J connectivity index is 3.06. The van der Waals surface area contributed by atoms with Crippen molar-refractivity contribution in [2.75, 3.05) is 7.05 Å². The molecular formula is C14H22BrN. The summed E-state index contributed by atoms with van der Waals surface area (Å²) in [6.07, 6.45) is 2.42. The van der Waals surface area contributed by atoms with E-state index >= 15 is 0 Å². The molecule has 1 nitrogen and oxygen atoms in total. The normalized spacial score (nSPS) is 13.1. The summed E-state index contributed by atoms with van der Waals surface area (Å²) in [6, 6.07) is 7.03. The van der Waals surface area contributed by atoms with E-state index in [9.17, 15) is 0 Å². The van der Waals surface area contributed by atoms with Crippen LogP contribution in [0.5, 0.6) is 0 Å². The predicted molar refractivity (Wildman–Crippen MR) is 74.8 cm³/mol. The topological polar surface area (TPSA) is 12.0 Å². The smallest absolute Gasteiger partial charge is 0.0357 e. The van der Waals surface area contributed by atoms with Crippen molar-refractivity contribution in [2.24, 2.45) is 5.92 Å². The Labute approximate surface area is 108 Å². The third kappa shape index (κ3) is 3.08. The van der Waals surface area contributed by atoms with Gasteiger partial charge in [-0.05, 0) is 31.5 Å². The number of nitrogens with one attached hydrogen (secondary N) is 1. The minimum Gasteiger partial charge on any atom is -0.313 e. The van der Waals surface area contributed by atoms with Crippen LogP contribution in [-0.4, -0.2) is 7.05 Å². The molecule has 1 aromatic rings. The van der Waals surface area contributed by atoms with E-state index in [1.807, 2.05) is 0 Å². The average molecular weight is 284 g/mol. The second-order valence-electron chi connectivity index (χ2n) is 4.37. The van der Waals surface area contributed by atoms with Crippen LogP contribution in [0.1, 0.15) is 43.9 Å². The first kappa shape index (κ1) is 13.7. The van der Waals surface area contributed by atoms with Crippen LogP contribution in [0.4, 0.5) is 0 Å². The molecule has 0 aliphatic carbocycles. The molecule has 0 aliphatic heterocycles. The second-order valence-corrected chi connectivity index (χ2v) is 5.22. The standard InChI is InChI=1S/C14H22BrN/c1-5-11(6-2)14(16-4)12-9-10(3)7-8-13(12)15/h7-9,11,14,16H,5-6H2,1-4H3. The van der Waals surface area contributed by atoms with Crippen LogP contribution in [0, 0.1) is 12.8 Å². The highest BCUT2D eigenvalue weighted by molar-refractivity contribution is 9.10. The van der Waals surface area contributed by atoms with Gasteiger partial charge in [-0.15, -0.1) is 0 Å². The summed E-state index contributed by atoms with van der Waals surface area (Å²) in [4.78, 5) is 0. The summed E-state index contributed by atoms with van der Waals surface area (Å²) in [5, 5.41) is 3.46. The van der Waals surface area contributed by atoms with Gasteiger partial charge in [0.15, 0.2) is 0 Å². The summed E-state index contributed by atoms with van der Waals surface area (Å²) in [5.74, 6) is 0.697. The summed E-state index contributed by atoms with van der Waals surface area (Å²) < 4.78 is 1.21. The van der Waals surface area contributed by atoms with Crippen molar-refractivity contribution in [3.05, 3.63) is 33.8 Å². The van der Waals surface area contributed by atoms with E-state index in [2.05, 4.69) is 67.3 Å². The lowest BCUT2D eigenvalue weighted by atomic mass is 9.88. The molecule has 0 bridgehead atoms. The molecule has 0 saturated heterocycles. The third-order valence-corrected chi connectivity index (χ3v) is 4.04. The number of rotatable bonds is 5. The fourth-order valence-electron chi connectivity index (χ4n) is 2.31. The molecule has 1 rings (SSSR count). The van der Waals surface area contributed by atoms with Crippen molar-refractivity contribution in [2.45, 2.75) is 39.7 Å². The van der Waals surface area contributed by atoms with Gasteiger partial charge < -0.3 is 5.32 Å². The Hall–Kier alpha value is -0.340. The number of halogens is 1. The fraction of sp³-hybridized carbons (Fsp3) is 0.571. The highest BCUT2D eigenvalue weighted by atomic mass is 79.9. The summed E-state index contributed by atoms with van der Waals surface area (Å²) in [5.41, 5.74) is 2.71. The molecule has 0 spiro atoms. The maximum Gasteiger partial charge on any atom is 0.0357 e. The molecule has 1 unspecified atom stereocenters. The maximum atomic E-state index is 3.66. The van der Waals surface area contributed by atoms with Gasteiger partial charge in [0.1, 0.15) is 0 Å². The van der Waals surface area contributed by atoms with Crippen LogP contribution in [0.25, 0.3) is 0 Å². The maximum absolute atomic E-state index is 3.66. The molecule has 1 aromatic carbocycles. The Morgan fingerprint density at radius 1 is 1.25 bits per heavy atom. The summed E-state index contributed by atoms with van der Waals surface area (Å²) >= 11 is 3.66. The molecule has 0 fully saturated rings. The van der Waals surface area contributed by atoms with Gasteiger partial charge in [0.2, 0.25) is 0 Å². The minimum atomic E-state index is 0.448. The Bertz CT molecular complexity index is 332. The second kappa shape index (κ2) is 6.41. The van der Waals surface area contributed by atoms with Gasteiger partial charge >= 0.3 is 0 Å². The van der Waals surface area contributed by atoms with Crippen LogP contribution in [0.3, 0.4) is 0 Å². The van der Waals surface area contributed by atoms with Crippen molar-refractivity contribution in [1.82, 2.24) is 5.32 Å². The summed E-state index contributed by atoms with van der Waals surface area (Å²) in [7, 11) is 2.05. The van der Waals surface area contributed by atoms with Gasteiger partial charge in [-0.3, -0.25) is 0 Å². The quantitative estimate of drug-likeness (QED) is 0.842. The lowest BCUT2D eigenvalue weighted by molar-refractivity contribution is 0.358. The van der Waals surface area contributed by atoms with E-state index in [1.54, 1.807) is 0 Å². The van der Waals surface area contributed by atoms with Crippen LogP contribution >= 0.6 is 15.9 Å². The van der Waals surface area contributed by atoms with Crippen molar-refractivity contribution in [3.8, 4) is 0 Å². The zero-order valence-electron chi connectivity index (χ0n) is 10.7. The molecule has 1 atom stereocenters. The largest absolute Gasteiger partial charge is 0.313 e. The Morgan fingerprint density at radius 2 is 1.88 bits per heavy atom. The number of hydrogen-bond acceptors (Lipinski definition) is 1. The van der Waals surface area contributed by atoms with Crippen molar-refractivity contribution < 1.29 is 0 Å². The van der Waals surface area contributed by atoms with Gasteiger partial charge in [-0.1, -0.05) is 60.3 Å². The number of aryl methyl sites for hydroxylation is 1. The molecular weight excluding hydrogens is 262 g/mol. The monoisotopic (exact) mass is 283 g/mol. The van der Waals surface area contributed by atoms with Gasteiger partial charge in [0.05, 0.1) is 0 Å². The molecule has 0 saturated carbocycles. The van der Waals surface area contributed by atoms with Crippen LogP contribution in [0.15, 0.2) is 22.7 Å². The first-order valence-electron chi connectivity index (χ1n) is 6.07. The fourth-order valence-corrected chi connectivity index (χ4v) is 2.80. The van der Waals surface area contributed by atoms with Gasteiger partial charge in [-0.2, -0.15) is 0 Å². The molecule has 0 heterocycles. The van der Waals surface area contributed by atoms with Crippen LogP contribution < -0.4 is 5.32 Å². The summed E-state index contributed by atoms with van der Waals surface area (Å²) in [6.45, 7) is 6.68. The van der Waals surface area contributed by atoms with E-state index in [-0.39, 0.29) is 0 Å². The minimum absolute atomic E-state index is 0.448. The lowest BCUT2D eigenvalue weighted by Crippen LogP contribution is -2.25. The highest BCUT2D eigenvalue weighted by Gasteiger charge is 2.20. The SMILES string of the molecule is CCC(CC)C(NC)c1cc(C)ccc1Br. The van der Waals surface area contributed by atoms with Crippen molar-refractivity contribution >= 4 is 15.9 Å². The molecule has 0 radical (unpaired) electrons. The molecule has 2 heteroatoms. The van der Waals surface area contributed by atoms with Crippen molar-refractivity contribution in [1.29, 1.82) is 0 Å². The van der Waals surface area contributed by atoms with E-state index in [0.29, 0.717) is 12.0 Å². The third-order valence-electron chi connectivity index (χ3n) is 3.32. The first-order valence-corrected chi connectivity index (χ1v) is 6.86. The zero-order valence-corrected chi connectivity index (χ0v) is 12.3. The first-order chi connectivity index (χ1) is 7.63. The molecule has 16 heavy (non-hydrogen) atoms. The average Bonchev–Trinajstić information content (AvgIpc) is 2.29. The van der Waals surface area contributed by atoms with E-state index < -0.39 is 0 Å². The molecule has 1 N–H and O–H groups in total.